The van der Waals surface area contributed by atoms with E-state index in [2.05, 4.69) is 20.1 Å². The van der Waals surface area contributed by atoms with Crippen LogP contribution in [0.15, 0.2) is 53.3 Å². The van der Waals surface area contributed by atoms with Crippen LogP contribution in [0.25, 0.3) is 11.6 Å². The van der Waals surface area contributed by atoms with Gasteiger partial charge in [0.15, 0.2) is 0 Å². The highest BCUT2D eigenvalue weighted by atomic mass is 16.5. The average Bonchev–Trinajstić information content (AvgIpc) is 3.19. The molecule has 0 aliphatic rings. The molecule has 1 amide bonds. The predicted molar refractivity (Wildman–Crippen MR) is 98.0 cm³/mol. The van der Waals surface area contributed by atoms with Gasteiger partial charge in [-0.25, -0.2) is 9.97 Å². The average molecular weight is 381 g/mol. The number of rotatable bonds is 9. The minimum absolute atomic E-state index is 0.0688. The Morgan fingerprint density at radius 2 is 1.75 bits per heavy atom. The summed E-state index contributed by atoms with van der Waals surface area (Å²) in [7, 11) is 0. The first-order valence-corrected chi connectivity index (χ1v) is 8.75. The van der Waals surface area contributed by atoms with E-state index >= 15 is 0 Å². The van der Waals surface area contributed by atoms with E-state index in [9.17, 15) is 9.59 Å². The second kappa shape index (κ2) is 9.36. The monoisotopic (exact) mass is 381 g/mol. The molecule has 9 nitrogen and oxygen atoms in total. The summed E-state index contributed by atoms with van der Waals surface area (Å²) in [4.78, 5) is 37.2. The fraction of sp³-hybridized carbons (Fsp3) is 0.263. The molecule has 1 N–H and O–H groups in total. The molecule has 0 atom stereocenters. The number of carbonyl (C=O) groups is 2. The SMILES string of the molecule is O=C(O)CN(CCc1ccccc1)C(=O)CCc1nc(-c2ncccn2)no1. The highest BCUT2D eigenvalue weighted by Gasteiger charge is 2.18. The first kappa shape index (κ1) is 19.2. The van der Waals surface area contributed by atoms with Crippen molar-refractivity contribution in [3.63, 3.8) is 0 Å². The van der Waals surface area contributed by atoms with E-state index in [4.69, 9.17) is 9.63 Å². The van der Waals surface area contributed by atoms with Gasteiger partial charge in [0, 0.05) is 31.8 Å². The summed E-state index contributed by atoms with van der Waals surface area (Å²) in [5, 5.41) is 12.9. The zero-order chi connectivity index (χ0) is 19.8. The minimum atomic E-state index is -1.05. The van der Waals surface area contributed by atoms with Crippen molar-refractivity contribution < 1.29 is 19.2 Å². The van der Waals surface area contributed by atoms with Crippen molar-refractivity contribution in [3.05, 3.63) is 60.2 Å². The quantitative estimate of drug-likeness (QED) is 0.593. The van der Waals surface area contributed by atoms with Crippen molar-refractivity contribution in [1.29, 1.82) is 0 Å². The fourth-order valence-corrected chi connectivity index (χ4v) is 2.60. The predicted octanol–water partition coefficient (Wildman–Crippen LogP) is 1.62. The highest BCUT2D eigenvalue weighted by molar-refractivity contribution is 5.81. The van der Waals surface area contributed by atoms with Crippen molar-refractivity contribution in [3.8, 4) is 11.6 Å². The molecule has 0 saturated carbocycles. The molecule has 0 spiro atoms. The lowest BCUT2D eigenvalue weighted by molar-refractivity contribution is -0.144. The van der Waals surface area contributed by atoms with Crippen LogP contribution < -0.4 is 0 Å². The number of aryl methyl sites for hydroxylation is 1. The van der Waals surface area contributed by atoms with Crippen molar-refractivity contribution in [1.82, 2.24) is 25.0 Å². The molecular weight excluding hydrogens is 362 g/mol. The second-order valence-corrected chi connectivity index (χ2v) is 6.03. The van der Waals surface area contributed by atoms with Gasteiger partial charge in [0.1, 0.15) is 6.54 Å². The molecule has 3 rings (SSSR count). The van der Waals surface area contributed by atoms with Gasteiger partial charge in [0.05, 0.1) is 0 Å². The van der Waals surface area contributed by atoms with Crippen LogP contribution >= 0.6 is 0 Å². The van der Waals surface area contributed by atoms with E-state index in [1.54, 1.807) is 18.5 Å². The minimum Gasteiger partial charge on any atom is -0.480 e. The van der Waals surface area contributed by atoms with Gasteiger partial charge in [-0.15, -0.1) is 0 Å². The molecule has 28 heavy (non-hydrogen) atoms. The van der Waals surface area contributed by atoms with Gasteiger partial charge in [-0.05, 0) is 18.1 Å². The molecule has 0 aliphatic carbocycles. The lowest BCUT2D eigenvalue weighted by atomic mass is 10.1. The number of nitrogens with zero attached hydrogens (tertiary/aromatic N) is 5. The summed E-state index contributed by atoms with van der Waals surface area (Å²) in [6.07, 6.45) is 3.99. The number of carbonyl (C=O) groups excluding carboxylic acids is 1. The standard InChI is InChI=1S/C19H19N5O4/c25-16(24(13-17(26)27)12-9-14-5-2-1-3-6-14)8-7-15-22-19(23-28-15)18-20-10-4-11-21-18/h1-6,10-11H,7-9,12-13H2,(H,26,27). The van der Waals surface area contributed by atoms with Gasteiger partial charge >= 0.3 is 5.97 Å². The normalized spacial score (nSPS) is 10.6. The molecule has 9 heteroatoms. The molecule has 0 radical (unpaired) electrons. The first-order chi connectivity index (χ1) is 13.6. The molecule has 0 bridgehead atoms. The van der Waals surface area contributed by atoms with E-state index in [-0.39, 0.29) is 37.0 Å². The Morgan fingerprint density at radius 1 is 1.00 bits per heavy atom. The fourth-order valence-electron chi connectivity index (χ4n) is 2.60. The summed E-state index contributed by atoms with van der Waals surface area (Å²) in [6.45, 7) is -0.0271. The molecule has 0 aliphatic heterocycles. The number of hydrogen-bond acceptors (Lipinski definition) is 7. The Kier molecular flexibility index (Phi) is 6.40. The summed E-state index contributed by atoms with van der Waals surface area (Å²) >= 11 is 0. The van der Waals surface area contributed by atoms with Gasteiger partial charge in [0.2, 0.25) is 23.4 Å². The molecule has 0 fully saturated rings. The van der Waals surface area contributed by atoms with Crippen molar-refractivity contribution in [2.45, 2.75) is 19.3 Å². The van der Waals surface area contributed by atoms with Gasteiger partial charge in [0.25, 0.3) is 0 Å². The van der Waals surface area contributed by atoms with Crippen LogP contribution in [-0.4, -0.2) is 55.1 Å². The molecule has 2 aromatic heterocycles. The van der Waals surface area contributed by atoms with E-state index < -0.39 is 5.97 Å². The Balaban J connectivity index is 1.57. The summed E-state index contributed by atoms with van der Waals surface area (Å²) < 4.78 is 5.13. The van der Waals surface area contributed by atoms with Gasteiger partial charge < -0.3 is 14.5 Å². The number of carboxylic acid groups (broad SMARTS) is 1. The van der Waals surface area contributed by atoms with Crippen LogP contribution in [0.1, 0.15) is 17.9 Å². The molecule has 0 unspecified atom stereocenters. The Labute approximate surface area is 161 Å². The number of benzene rings is 1. The number of hydrogen-bond donors (Lipinski definition) is 1. The molecule has 3 aromatic rings. The van der Waals surface area contributed by atoms with Crippen molar-refractivity contribution >= 4 is 11.9 Å². The zero-order valence-electron chi connectivity index (χ0n) is 15.1. The smallest absolute Gasteiger partial charge is 0.323 e. The van der Waals surface area contributed by atoms with Crippen LogP contribution in [0.3, 0.4) is 0 Å². The van der Waals surface area contributed by atoms with Crippen LogP contribution in [0.5, 0.6) is 0 Å². The maximum absolute atomic E-state index is 12.5. The maximum atomic E-state index is 12.5. The molecule has 1 aromatic carbocycles. The largest absolute Gasteiger partial charge is 0.480 e. The van der Waals surface area contributed by atoms with E-state index in [1.165, 1.54) is 4.90 Å². The number of aromatic nitrogens is 4. The molecule has 0 saturated heterocycles. The maximum Gasteiger partial charge on any atom is 0.323 e. The lowest BCUT2D eigenvalue weighted by Gasteiger charge is -2.20. The first-order valence-electron chi connectivity index (χ1n) is 8.75. The third-order valence-corrected chi connectivity index (χ3v) is 3.98. The third kappa shape index (κ3) is 5.44. The Hall–Kier alpha value is -3.62. The zero-order valence-corrected chi connectivity index (χ0v) is 15.1. The van der Waals surface area contributed by atoms with E-state index in [0.29, 0.717) is 18.8 Å². The summed E-state index contributed by atoms with van der Waals surface area (Å²) in [5.41, 5.74) is 1.04. The third-order valence-electron chi connectivity index (χ3n) is 3.98. The van der Waals surface area contributed by atoms with Gasteiger partial charge in [-0.1, -0.05) is 35.5 Å². The molecular formula is C19H19N5O4. The van der Waals surface area contributed by atoms with Gasteiger partial charge in [-0.2, -0.15) is 4.98 Å². The highest BCUT2D eigenvalue weighted by Crippen LogP contribution is 2.11. The Morgan fingerprint density at radius 3 is 2.46 bits per heavy atom. The van der Waals surface area contributed by atoms with Crippen molar-refractivity contribution in [2.24, 2.45) is 0 Å². The van der Waals surface area contributed by atoms with Crippen LogP contribution in [-0.2, 0) is 22.4 Å². The number of amides is 1. The number of carboxylic acids is 1. The van der Waals surface area contributed by atoms with Crippen LogP contribution in [0, 0.1) is 0 Å². The van der Waals surface area contributed by atoms with E-state index in [1.807, 2.05) is 30.3 Å². The molecule has 144 valence electrons. The summed E-state index contributed by atoms with van der Waals surface area (Å²) in [6, 6.07) is 11.3. The lowest BCUT2D eigenvalue weighted by Crippen LogP contribution is -2.37. The Bertz CT molecular complexity index is 914. The topological polar surface area (TPSA) is 122 Å². The van der Waals surface area contributed by atoms with Crippen molar-refractivity contribution in [2.75, 3.05) is 13.1 Å². The summed E-state index contributed by atoms with van der Waals surface area (Å²) in [5.74, 6) is -0.486. The van der Waals surface area contributed by atoms with Crippen LogP contribution in [0.2, 0.25) is 0 Å². The molecule has 2 heterocycles. The second-order valence-electron chi connectivity index (χ2n) is 6.03. The van der Waals surface area contributed by atoms with E-state index in [0.717, 1.165) is 5.56 Å². The van der Waals surface area contributed by atoms with Gasteiger partial charge in [-0.3, -0.25) is 9.59 Å². The van der Waals surface area contributed by atoms with Crippen LogP contribution in [0.4, 0.5) is 0 Å². The number of aliphatic carboxylic acids is 1.